The van der Waals surface area contributed by atoms with Gasteiger partial charge in [0.25, 0.3) is 0 Å². The van der Waals surface area contributed by atoms with Crippen LogP contribution in [0.15, 0.2) is 36.4 Å². The van der Waals surface area contributed by atoms with Gasteiger partial charge < -0.3 is 10.6 Å². The number of amides is 1. The Bertz CT molecular complexity index is 900. The van der Waals surface area contributed by atoms with Crippen molar-refractivity contribution < 1.29 is 18.0 Å². The quantitative estimate of drug-likeness (QED) is 0.915. The Labute approximate surface area is 148 Å². The molecule has 2 aromatic rings. The first kappa shape index (κ1) is 17.8. The number of halogens is 3. The zero-order chi connectivity index (χ0) is 18.9. The van der Waals surface area contributed by atoms with Crippen LogP contribution in [0.5, 0.6) is 0 Å². The Morgan fingerprint density at radius 3 is 2.69 bits per heavy atom. The van der Waals surface area contributed by atoms with Crippen LogP contribution in [0.3, 0.4) is 0 Å². The van der Waals surface area contributed by atoms with Crippen LogP contribution in [0, 0.1) is 11.3 Å². The standard InChI is InChI=1S/C19H16F3N3O/c20-19(21,22)15-4-5-17(14(8-15)10-23)25-7-6-16-12(9-18(24)26)2-1-3-13(16)11-25/h1-5,8H,6-7,9,11H2,(H2,24,26). The van der Waals surface area contributed by atoms with Crippen LogP contribution >= 0.6 is 0 Å². The maximum Gasteiger partial charge on any atom is 0.416 e. The fourth-order valence-electron chi connectivity index (χ4n) is 3.33. The monoisotopic (exact) mass is 359 g/mol. The van der Waals surface area contributed by atoms with Crippen molar-refractivity contribution in [2.45, 2.75) is 25.6 Å². The summed E-state index contributed by atoms with van der Waals surface area (Å²) in [6.07, 6.45) is -3.69. The predicted octanol–water partition coefficient (Wildman–Crippen LogP) is 3.17. The number of nitrogens with two attached hydrogens (primary N) is 1. The van der Waals surface area contributed by atoms with E-state index in [-0.39, 0.29) is 12.0 Å². The lowest BCUT2D eigenvalue weighted by Crippen LogP contribution is -2.32. The maximum atomic E-state index is 12.9. The third-order valence-corrected chi connectivity index (χ3v) is 4.51. The summed E-state index contributed by atoms with van der Waals surface area (Å²) in [5.74, 6) is -0.407. The first-order valence-electron chi connectivity index (χ1n) is 8.04. The van der Waals surface area contributed by atoms with Crippen LogP contribution in [0.1, 0.15) is 27.8 Å². The maximum absolute atomic E-state index is 12.9. The second-order valence-electron chi connectivity index (χ2n) is 6.21. The Morgan fingerprint density at radius 1 is 1.27 bits per heavy atom. The van der Waals surface area contributed by atoms with E-state index in [4.69, 9.17) is 5.73 Å². The molecule has 0 aliphatic carbocycles. The molecule has 0 saturated heterocycles. The van der Waals surface area contributed by atoms with Crippen LogP contribution in [0.25, 0.3) is 0 Å². The van der Waals surface area contributed by atoms with Crippen molar-refractivity contribution in [3.63, 3.8) is 0 Å². The van der Waals surface area contributed by atoms with Crippen molar-refractivity contribution in [3.8, 4) is 6.07 Å². The largest absolute Gasteiger partial charge is 0.416 e. The third-order valence-electron chi connectivity index (χ3n) is 4.51. The third kappa shape index (κ3) is 3.49. The molecule has 1 heterocycles. The average molecular weight is 359 g/mol. The van der Waals surface area contributed by atoms with Gasteiger partial charge in [-0.15, -0.1) is 0 Å². The van der Waals surface area contributed by atoms with E-state index in [9.17, 15) is 23.2 Å². The van der Waals surface area contributed by atoms with Crippen molar-refractivity contribution in [1.29, 1.82) is 5.26 Å². The number of carbonyl (C=O) groups excluding carboxylic acids is 1. The molecule has 0 unspecified atom stereocenters. The van der Waals surface area contributed by atoms with Gasteiger partial charge in [-0.1, -0.05) is 18.2 Å². The summed E-state index contributed by atoms with van der Waals surface area (Å²) < 4.78 is 38.6. The van der Waals surface area contributed by atoms with E-state index in [0.29, 0.717) is 25.2 Å². The molecule has 1 aliphatic rings. The molecule has 0 bridgehead atoms. The number of carbonyl (C=O) groups is 1. The van der Waals surface area contributed by atoms with Crippen molar-refractivity contribution in [3.05, 3.63) is 64.2 Å². The second kappa shape index (κ2) is 6.71. The number of nitriles is 1. The topological polar surface area (TPSA) is 70.1 Å². The molecular weight excluding hydrogens is 343 g/mol. The highest BCUT2D eigenvalue weighted by Gasteiger charge is 2.32. The molecule has 0 radical (unpaired) electrons. The number of hydrogen-bond acceptors (Lipinski definition) is 3. The number of anilines is 1. The van der Waals surface area contributed by atoms with Crippen molar-refractivity contribution in [1.82, 2.24) is 0 Å². The summed E-state index contributed by atoms with van der Waals surface area (Å²) in [5, 5.41) is 9.28. The fraction of sp³-hybridized carbons (Fsp3) is 0.263. The van der Waals surface area contributed by atoms with Crippen molar-refractivity contribution >= 4 is 11.6 Å². The molecule has 26 heavy (non-hydrogen) atoms. The molecule has 7 heteroatoms. The average Bonchev–Trinajstić information content (AvgIpc) is 2.59. The summed E-state index contributed by atoms with van der Waals surface area (Å²) in [6, 6.07) is 10.7. The van der Waals surface area contributed by atoms with E-state index in [1.54, 1.807) is 0 Å². The number of hydrogen-bond donors (Lipinski definition) is 1. The van der Waals surface area contributed by atoms with Crippen molar-refractivity contribution in [2.75, 3.05) is 11.4 Å². The van der Waals surface area contributed by atoms with Gasteiger partial charge in [-0.3, -0.25) is 4.79 Å². The summed E-state index contributed by atoms with van der Waals surface area (Å²) in [7, 11) is 0. The predicted molar refractivity (Wildman–Crippen MR) is 90.3 cm³/mol. The van der Waals surface area contributed by atoms with E-state index in [1.165, 1.54) is 6.07 Å². The first-order valence-corrected chi connectivity index (χ1v) is 8.04. The van der Waals surface area contributed by atoms with Gasteiger partial charge >= 0.3 is 6.18 Å². The number of benzene rings is 2. The molecule has 0 atom stereocenters. The molecule has 0 saturated carbocycles. The molecule has 4 nitrogen and oxygen atoms in total. The molecule has 1 amide bonds. The van der Waals surface area contributed by atoms with Gasteiger partial charge in [0.2, 0.25) is 5.91 Å². The molecule has 2 aromatic carbocycles. The lowest BCUT2D eigenvalue weighted by molar-refractivity contribution is -0.137. The second-order valence-corrected chi connectivity index (χ2v) is 6.21. The van der Waals surface area contributed by atoms with Crippen molar-refractivity contribution in [2.24, 2.45) is 5.73 Å². The van der Waals surface area contributed by atoms with Gasteiger partial charge in [-0.05, 0) is 41.3 Å². The number of fused-ring (bicyclic) bond motifs is 1. The van der Waals surface area contributed by atoms with Gasteiger partial charge in [0.15, 0.2) is 0 Å². The Morgan fingerprint density at radius 2 is 2.04 bits per heavy atom. The normalized spacial score (nSPS) is 13.8. The molecule has 134 valence electrons. The Kier molecular flexibility index (Phi) is 4.60. The molecule has 0 aromatic heterocycles. The van der Waals surface area contributed by atoms with Gasteiger partial charge in [0.1, 0.15) is 6.07 Å². The lowest BCUT2D eigenvalue weighted by Gasteiger charge is -2.32. The van der Waals surface area contributed by atoms with Gasteiger partial charge in [0, 0.05) is 13.1 Å². The molecule has 1 aliphatic heterocycles. The highest BCUT2D eigenvalue weighted by atomic mass is 19.4. The van der Waals surface area contributed by atoms with Gasteiger partial charge in [-0.25, -0.2) is 0 Å². The Hall–Kier alpha value is -3.01. The highest BCUT2D eigenvalue weighted by Crippen LogP contribution is 2.34. The minimum Gasteiger partial charge on any atom is -0.369 e. The summed E-state index contributed by atoms with van der Waals surface area (Å²) in [6.45, 7) is 1.00. The SMILES string of the molecule is N#Cc1cc(C(F)(F)F)ccc1N1CCc2c(CC(N)=O)cccc2C1. The summed E-state index contributed by atoms with van der Waals surface area (Å²) >= 11 is 0. The molecule has 0 spiro atoms. The smallest absolute Gasteiger partial charge is 0.369 e. The van der Waals surface area contributed by atoms with Crippen LogP contribution in [-0.2, 0) is 30.4 Å². The highest BCUT2D eigenvalue weighted by molar-refractivity contribution is 5.77. The Balaban J connectivity index is 1.92. The van der Waals surface area contributed by atoms with Crippen LogP contribution < -0.4 is 10.6 Å². The number of alkyl halides is 3. The van der Waals surface area contributed by atoms with Crippen LogP contribution in [0.2, 0.25) is 0 Å². The summed E-state index contributed by atoms with van der Waals surface area (Å²) in [4.78, 5) is 13.1. The van der Waals surface area contributed by atoms with Gasteiger partial charge in [-0.2, -0.15) is 18.4 Å². The van der Waals surface area contributed by atoms with Crippen LogP contribution in [-0.4, -0.2) is 12.5 Å². The zero-order valence-electron chi connectivity index (χ0n) is 13.8. The molecule has 3 rings (SSSR count). The van der Waals surface area contributed by atoms with Crippen LogP contribution in [0.4, 0.5) is 18.9 Å². The summed E-state index contributed by atoms with van der Waals surface area (Å²) in [5.41, 5.74) is 7.84. The molecule has 0 fully saturated rings. The number of nitrogens with zero attached hydrogens (tertiary/aromatic N) is 2. The van der Waals surface area contributed by atoms with E-state index in [0.717, 1.165) is 28.8 Å². The lowest BCUT2D eigenvalue weighted by atomic mass is 9.92. The zero-order valence-corrected chi connectivity index (χ0v) is 13.8. The van der Waals surface area contributed by atoms with Gasteiger partial charge in [0.05, 0.1) is 23.2 Å². The van der Waals surface area contributed by atoms with E-state index in [2.05, 4.69) is 0 Å². The minimum atomic E-state index is -4.48. The number of primary amides is 1. The first-order chi connectivity index (χ1) is 12.3. The van der Waals surface area contributed by atoms with E-state index in [1.807, 2.05) is 29.2 Å². The number of rotatable bonds is 3. The van der Waals surface area contributed by atoms with E-state index >= 15 is 0 Å². The fourth-order valence-corrected chi connectivity index (χ4v) is 3.33. The van der Waals surface area contributed by atoms with E-state index < -0.39 is 17.6 Å². The molecule has 2 N–H and O–H groups in total. The molecular formula is C19H16F3N3O. The minimum absolute atomic E-state index is 0.00318.